The molecule has 2 nitrogen and oxygen atoms in total. The van der Waals surface area contributed by atoms with Gasteiger partial charge in [-0.25, -0.2) is 0 Å². The molecule has 0 saturated heterocycles. The Morgan fingerprint density at radius 1 is 0.792 bits per heavy atom. The number of rotatable bonds is 3. The van der Waals surface area contributed by atoms with E-state index in [-0.39, 0.29) is 0 Å². The van der Waals surface area contributed by atoms with Crippen LogP contribution in [-0.2, 0) is 0 Å². The molecule has 3 rings (SSSR count). The number of thiocarbonyl (C=S) groups is 1. The molecular formula is C21H19NOS. The Kier molecular flexibility index (Phi) is 4.92. The first kappa shape index (κ1) is 16.2. The van der Waals surface area contributed by atoms with Crippen LogP contribution < -0.4 is 10.1 Å². The van der Waals surface area contributed by atoms with Crippen molar-refractivity contribution in [1.82, 2.24) is 0 Å². The molecule has 0 saturated carbocycles. The first-order valence-electron chi connectivity index (χ1n) is 7.84. The van der Waals surface area contributed by atoms with Crippen LogP contribution in [0.3, 0.4) is 0 Å². The van der Waals surface area contributed by atoms with Crippen LogP contribution in [0.15, 0.2) is 72.8 Å². The average molecular weight is 333 g/mol. The van der Waals surface area contributed by atoms with E-state index in [0.717, 1.165) is 33.7 Å². The number of para-hydroxylation sites is 2. The minimum atomic E-state index is 0.343. The molecule has 120 valence electrons. The van der Waals surface area contributed by atoms with E-state index >= 15 is 0 Å². The molecule has 0 heterocycles. The number of nitrogens with one attached hydrogen (secondary N) is 1. The molecule has 24 heavy (non-hydrogen) atoms. The average Bonchev–Trinajstić information content (AvgIpc) is 2.60. The van der Waals surface area contributed by atoms with E-state index in [2.05, 4.69) is 43.4 Å². The summed E-state index contributed by atoms with van der Waals surface area (Å²) < 4.78 is 5.93. The third-order valence-electron chi connectivity index (χ3n) is 3.88. The highest BCUT2D eigenvalue weighted by Crippen LogP contribution is 2.30. The maximum atomic E-state index is 5.93. The molecule has 1 N–H and O–H groups in total. The molecule has 0 spiro atoms. The van der Waals surface area contributed by atoms with Gasteiger partial charge in [0.1, 0.15) is 5.75 Å². The first-order valence-corrected chi connectivity index (χ1v) is 8.25. The highest BCUT2D eigenvalue weighted by Gasteiger charge is 2.10. The lowest BCUT2D eigenvalue weighted by molar-refractivity contribution is 0.565. The SMILES string of the molecule is Cc1cccc(C)c1NC(=S)Oc1ccccc1-c1ccccc1. The first-order chi connectivity index (χ1) is 11.6. The molecule has 3 aromatic carbocycles. The molecule has 0 aliphatic carbocycles. The summed E-state index contributed by atoms with van der Waals surface area (Å²) in [4.78, 5) is 0. The highest BCUT2D eigenvalue weighted by atomic mass is 32.1. The smallest absolute Gasteiger partial charge is 0.266 e. The Morgan fingerprint density at radius 3 is 2.12 bits per heavy atom. The van der Waals surface area contributed by atoms with Crippen LogP contribution in [0.2, 0.25) is 0 Å². The molecule has 0 atom stereocenters. The number of hydrogen-bond donors (Lipinski definition) is 1. The van der Waals surface area contributed by atoms with Crippen molar-refractivity contribution in [3.63, 3.8) is 0 Å². The van der Waals surface area contributed by atoms with Gasteiger partial charge in [-0.05, 0) is 48.8 Å². The van der Waals surface area contributed by atoms with E-state index in [9.17, 15) is 0 Å². The standard InChI is InChI=1S/C21H19NOS/c1-15-9-8-10-16(2)20(15)22-21(24)23-19-14-7-6-13-18(19)17-11-4-3-5-12-17/h3-14H,1-2H3,(H,22,24). The van der Waals surface area contributed by atoms with Gasteiger partial charge in [0.25, 0.3) is 5.17 Å². The van der Waals surface area contributed by atoms with E-state index < -0.39 is 0 Å². The van der Waals surface area contributed by atoms with Gasteiger partial charge in [-0.3, -0.25) is 0 Å². The minimum absolute atomic E-state index is 0.343. The minimum Gasteiger partial charge on any atom is -0.431 e. The van der Waals surface area contributed by atoms with Crippen LogP contribution >= 0.6 is 12.2 Å². The van der Waals surface area contributed by atoms with Gasteiger partial charge in [-0.2, -0.15) is 0 Å². The van der Waals surface area contributed by atoms with Crippen molar-refractivity contribution >= 4 is 23.1 Å². The molecule has 0 aliphatic heterocycles. The van der Waals surface area contributed by atoms with E-state index in [1.54, 1.807) is 0 Å². The van der Waals surface area contributed by atoms with E-state index in [4.69, 9.17) is 17.0 Å². The number of anilines is 1. The fourth-order valence-electron chi connectivity index (χ4n) is 2.65. The third-order valence-corrected chi connectivity index (χ3v) is 4.07. The zero-order chi connectivity index (χ0) is 16.9. The monoisotopic (exact) mass is 333 g/mol. The lowest BCUT2D eigenvalue weighted by atomic mass is 10.1. The van der Waals surface area contributed by atoms with Crippen LogP contribution in [0.5, 0.6) is 5.75 Å². The lowest BCUT2D eigenvalue weighted by Crippen LogP contribution is -2.18. The van der Waals surface area contributed by atoms with Gasteiger partial charge in [0.2, 0.25) is 0 Å². The number of ether oxygens (including phenoxy) is 1. The molecule has 0 amide bonds. The van der Waals surface area contributed by atoms with Crippen LogP contribution in [0.4, 0.5) is 5.69 Å². The molecular weight excluding hydrogens is 314 g/mol. The van der Waals surface area contributed by atoms with Gasteiger partial charge in [-0.1, -0.05) is 66.7 Å². The predicted octanol–water partition coefficient (Wildman–Crippen LogP) is 5.75. The second-order valence-corrected chi connectivity index (χ2v) is 6.01. The number of benzene rings is 3. The second kappa shape index (κ2) is 7.28. The number of hydrogen-bond acceptors (Lipinski definition) is 2. The summed E-state index contributed by atoms with van der Waals surface area (Å²) in [6, 6.07) is 24.2. The molecule has 0 radical (unpaired) electrons. The summed E-state index contributed by atoms with van der Waals surface area (Å²) in [6.45, 7) is 4.10. The van der Waals surface area contributed by atoms with Crippen LogP contribution in [0.25, 0.3) is 11.1 Å². The maximum absolute atomic E-state index is 5.93. The third kappa shape index (κ3) is 3.63. The summed E-state index contributed by atoms with van der Waals surface area (Å²) in [6.07, 6.45) is 0. The summed E-state index contributed by atoms with van der Waals surface area (Å²) in [5.41, 5.74) is 5.39. The van der Waals surface area contributed by atoms with Crippen molar-refractivity contribution in [3.05, 3.63) is 83.9 Å². The van der Waals surface area contributed by atoms with Gasteiger partial charge < -0.3 is 10.1 Å². The topological polar surface area (TPSA) is 21.3 Å². The normalized spacial score (nSPS) is 10.2. The van der Waals surface area contributed by atoms with Crippen LogP contribution in [-0.4, -0.2) is 5.17 Å². The molecule has 3 heteroatoms. The Labute approximate surface area is 148 Å². The Hall–Kier alpha value is -2.65. The van der Waals surface area contributed by atoms with Crippen molar-refractivity contribution < 1.29 is 4.74 Å². The van der Waals surface area contributed by atoms with Gasteiger partial charge >= 0.3 is 0 Å². The summed E-state index contributed by atoms with van der Waals surface area (Å²) in [7, 11) is 0. The van der Waals surface area contributed by atoms with E-state index in [0.29, 0.717) is 5.17 Å². The number of aryl methyl sites for hydroxylation is 2. The molecule has 0 unspecified atom stereocenters. The Bertz CT molecular complexity index is 838. The fraction of sp³-hybridized carbons (Fsp3) is 0.0952. The highest BCUT2D eigenvalue weighted by molar-refractivity contribution is 7.80. The largest absolute Gasteiger partial charge is 0.431 e. The second-order valence-electron chi connectivity index (χ2n) is 5.64. The van der Waals surface area contributed by atoms with Crippen LogP contribution in [0.1, 0.15) is 11.1 Å². The summed E-state index contributed by atoms with van der Waals surface area (Å²) in [5.74, 6) is 0.743. The summed E-state index contributed by atoms with van der Waals surface area (Å²) in [5, 5.41) is 3.56. The predicted molar refractivity (Wildman–Crippen MR) is 105 cm³/mol. The lowest BCUT2D eigenvalue weighted by Gasteiger charge is -2.15. The quantitative estimate of drug-likeness (QED) is 0.617. The van der Waals surface area contributed by atoms with Crippen molar-refractivity contribution in [1.29, 1.82) is 0 Å². The Balaban J connectivity index is 1.83. The van der Waals surface area contributed by atoms with E-state index in [1.165, 1.54) is 0 Å². The van der Waals surface area contributed by atoms with Crippen molar-refractivity contribution in [2.45, 2.75) is 13.8 Å². The maximum Gasteiger partial charge on any atom is 0.266 e. The zero-order valence-electron chi connectivity index (χ0n) is 13.7. The van der Waals surface area contributed by atoms with Gasteiger partial charge in [0, 0.05) is 11.3 Å². The van der Waals surface area contributed by atoms with Crippen molar-refractivity contribution in [3.8, 4) is 16.9 Å². The van der Waals surface area contributed by atoms with Crippen molar-refractivity contribution in [2.75, 3.05) is 5.32 Å². The molecule has 0 bridgehead atoms. The van der Waals surface area contributed by atoms with E-state index in [1.807, 2.05) is 48.5 Å². The summed E-state index contributed by atoms with van der Waals surface area (Å²) >= 11 is 5.41. The molecule has 0 fully saturated rings. The molecule has 0 aliphatic rings. The van der Waals surface area contributed by atoms with Crippen LogP contribution in [0, 0.1) is 13.8 Å². The zero-order valence-corrected chi connectivity index (χ0v) is 14.6. The van der Waals surface area contributed by atoms with Gasteiger partial charge in [0.15, 0.2) is 0 Å². The molecule has 3 aromatic rings. The van der Waals surface area contributed by atoms with Gasteiger partial charge in [0.05, 0.1) is 0 Å². The van der Waals surface area contributed by atoms with Crippen molar-refractivity contribution in [2.24, 2.45) is 0 Å². The van der Waals surface area contributed by atoms with Gasteiger partial charge in [-0.15, -0.1) is 0 Å². The molecule has 0 aromatic heterocycles. The fourth-order valence-corrected chi connectivity index (χ4v) is 2.84. The Morgan fingerprint density at radius 2 is 1.42 bits per heavy atom.